The molecule has 0 unspecified atom stereocenters. The molecule has 1 aliphatic rings. The smallest absolute Gasteiger partial charge is 0.376 e. The number of benzene rings is 1. The molecule has 0 bridgehead atoms. The molecule has 7 nitrogen and oxygen atoms in total. The molecular weight excluding hydrogens is 423 g/mol. The van der Waals surface area contributed by atoms with Crippen LogP contribution in [0.3, 0.4) is 0 Å². The third-order valence-electron chi connectivity index (χ3n) is 5.53. The van der Waals surface area contributed by atoms with Crippen LogP contribution in [0, 0.1) is 0 Å². The molecule has 0 atom stereocenters. The lowest BCUT2D eigenvalue weighted by atomic mass is 9.95. The van der Waals surface area contributed by atoms with E-state index in [0.717, 1.165) is 35.9 Å². The summed E-state index contributed by atoms with van der Waals surface area (Å²) >= 11 is 0. The molecule has 1 amide bonds. The Hall–Kier alpha value is -3.43. The van der Waals surface area contributed by atoms with Crippen molar-refractivity contribution in [1.82, 2.24) is 14.8 Å². The fourth-order valence-corrected chi connectivity index (χ4v) is 3.83. The van der Waals surface area contributed by atoms with E-state index < -0.39 is 17.8 Å². The fourth-order valence-electron chi connectivity index (χ4n) is 3.83. The second-order valence-electron chi connectivity index (χ2n) is 8.06. The zero-order chi connectivity index (χ0) is 23.0. The van der Waals surface area contributed by atoms with E-state index in [9.17, 15) is 22.8 Å². The molecule has 1 aliphatic carbocycles. The minimum Gasteiger partial charge on any atom is -0.376 e. The van der Waals surface area contributed by atoms with Gasteiger partial charge in [0.2, 0.25) is 0 Å². The first-order chi connectivity index (χ1) is 15.1. The highest BCUT2D eigenvalue weighted by Gasteiger charge is 2.33. The lowest BCUT2D eigenvalue weighted by Gasteiger charge is -2.20. The number of nitrogens with zero attached hydrogens (tertiary/aromatic N) is 4. The number of hydrogen-bond acceptors (Lipinski definition) is 5. The molecule has 0 aliphatic heterocycles. The Morgan fingerprint density at radius 3 is 2.56 bits per heavy atom. The summed E-state index contributed by atoms with van der Waals surface area (Å²) in [5.41, 5.74) is 0.362. The average Bonchev–Trinajstić information content (AvgIpc) is 3.16. The van der Waals surface area contributed by atoms with Crippen molar-refractivity contribution in [2.24, 2.45) is 0 Å². The maximum Gasteiger partial charge on any atom is 0.433 e. The van der Waals surface area contributed by atoms with E-state index in [-0.39, 0.29) is 17.5 Å². The number of aromatic nitrogens is 3. The number of rotatable bonds is 4. The summed E-state index contributed by atoms with van der Waals surface area (Å²) in [6.45, 7) is 0. The average molecular weight is 445 g/mol. The lowest BCUT2D eigenvalue weighted by Crippen LogP contribution is -2.19. The zero-order valence-electron chi connectivity index (χ0n) is 17.6. The molecule has 1 N–H and O–H groups in total. The van der Waals surface area contributed by atoms with E-state index in [1.807, 2.05) is 16.9 Å². The van der Waals surface area contributed by atoms with E-state index in [4.69, 9.17) is 0 Å². The van der Waals surface area contributed by atoms with Gasteiger partial charge in [-0.25, -0.2) is 4.98 Å². The van der Waals surface area contributed by atoms with E-state index >= 15 is 0 Å². The van der Waals surface area contributed by atoms with Gasteiger partial charge in [0.05, 0.1) is 22.9 Å². The van der Waals surface area contributed by atoms with Crippen molar-refractivity contribution < 1.29 is 22.8 Å². The molecule has 0 spiro atoms. The minimum atomic E-state index is -4.64. The van der Waals surface area contributed by atoms with Crippen molar-refractivity contribution in [2.45, 2.75) is 37.9 Å². The highest BCUT2D eigenvalue weighted by Crippen LogP contribution is 2.33. The Kier molecular flexibility index (Phi) is 5.62. The normalized spacial score (nSPS) is 15.2. The number of hydrogen-bond donors (Lipinski definition) is 1. The number of carbonyl (C=O) groups is 2. The van der Waals surface area contributed by atoms with Crippen molar-refractivity contribution in [3.05, 3.63) is 47.9 Å². The van der Waals surface area contributed by atoms with E-state index in [0.29, 0.717) is 24.2 Å². The largest absolute Gasteiger partial charge is 0.433 e. The maximum atomic E-state index is 13.0. The van der Waals surface area contributed by atoms with Crippen molar-refractivity contribution in [2.75, 3.05) is 24.3 Å². The number of Topliss-reactive ketones (excluding diaryl/α,β-unsaturated/α-hetero) is 1. The quantitative estimate of drug-likeness (QED) is 0.642. The van der Waals surface area contributed by atoms with Crippen LogP contribution in [0.4, 0.5) is 24.5 Å². The molecule has 1 saturated carbocycles. The Morgan fingerprint density at radius 1 is 1.19 bits per heavy atom. The lowest BCUT2D eigenvalue weighted by molar-refractivity contribution is -0.141. The zero-order valence-corrected chi connectivity index (χ0v) is 17.6. The Morgan fingerprint density at radius 2 is 1.91 bits per heavy atom. The molecule has 168 valence electrons. The summed E-state index contributed by atoms with van der Waals surface area (Å²) in [6.07, 6.45) is -0.226. The summed E-state index contributed by atoms with van der Waals surface area (Å²) in [5.74, 6) is -0.474. The van der Waals surface area contributed by atoms with Crippen LogP contribution in [0.25, 0.3) is 10.9 Å². The number of anilines is 2. The van der Waals surface area contributed by atoms with Gasteiger partial charge < -0.3 is 10.2 Å². The third-order valence-corrected chi connectivity index (χ3v) is 5.53. The molecule has 0 saturated heterocycles. The van der Waals surface area contributed by atoms with E-state index in [1.165, 1.54) is 6.07 Å². The number of carbonyl (C=O) groups excluding carboxylic acids is 2. The number of halogens is 3. The van der Waals surface area contributed by atoms with E-state index in [1.54, 1.807) is 25.1 Å². The van der Waals surface area contributed by atoms with Gasteiger partial charge in [0, 0.05) is 38.5 Å². The second-order valence-corrected chi connectivity index (χ2v) is 8.06. The van der Waals surface area contributed by atoms with Crippen molar-refractivity contribution in [3.8, 4) is 0 Å². The molecule has 10 heteroatoms. The molecule has 32 heavy (non-hydrogen) atoms. The molecule has 2 heterocycles. The highest BCUT2D eigenvalue weighted by atomic mass is 19.4. The molecular formula is C22H22F3N5O2. The number of pyridine rings is 1. The van der Waals surface area contributed by atoms with Crippen LogP contribution in [-0.4, -0.2) is 40.6 Å². The molecule has 2 aromatic heterocycles. The van der Waals surface area contributed by atoms with Crippen LogP contribution < -0.4 is 10.2 Å². The summed E-state index contributed by atoms with van der Waals surface area (Å²) in [5, 5.41) is 8.11. The molecule has 1 aromatic carbocycles. The number of ketones is 1. The first kappa shape index (κ1) is 21.8. The van der Waals surface area contributed by atoms with Crippen molar-refractivity contribution in [1.29, 1.82) is 0 Å². The van der Waals surface area contributed by atoms with Gasteiger partial charge >= 0.3 is 6.18 Å². The van der Waals surface area contributed by atoms with Crippen LogP contribution in [0.15, 0.2) is 36.5 Å². The Labute approximate surface area is 182 Å². The molecule has 1 fully saturated rings. The SMILES string of the molecule is CN(C)c1cc2nn(C3CCC(=O)CC3)cc2cc1NC(=O)c1cccc(C(F)(F)F)n1. The topological polar surface area (TPSA) is 80.1 Å². The Balaban J connectivity index is 1.65. The van der Waals surface area contributed by atoms with Crippen molar-refractivity contribution >= 4 is 34.0 Å². The monoisotopic (exact) mass is 445 g/mol. The minimum absolute atomic E-state index is 0.134. The molecule has 4 rings (SSSR count). The van der Waals surface area contributed by atoms with Gasteiger partial charge in [-0.05, 0) is 37.1 Å². The van der Waals surface area contributed by atoms with Gasteiger partial charge in [0.15, 0.2) is 0 Å². The van der Waals surface area contributed by atoms with Gasteiger partial charge in [-0.1, -0.05) is 6.07 Å². The highest BCUT2D eigenvalue weighted by molar-refractivity contribution is 6.06. The van der Waals surface area contributed by atoms with Gasteiger partial charge in [-0.15, -0.1) is 0 Å². The molecule has 0 radical (unpaired) electrons. The van der Waals surface area contributed by atoms with Crippen LogP contribution in [0.5, 0.6) is 0 Å². The second kappa shape index (κ2) is 8.25. The number of fused-ring (bicyclic) bond motifs is 1. The van der Waals surface area contributed by atoms with Crippen LogP contribution in [-0.2, 0) is 11.0 Å². The number of nitrogens with one attached hydrogen (secondary N) is 1. The van der Waals surface area contributed by atoms with Crippen LogP contribution >= 0.6 is 0 Å². The van der Waals surface area contributed by atoms with Gasteiger partial charge in [-0.3, -0.25) is 14.3 Å². The predicted octanol–water partition coefficient (Wildman–Crippen LogP) is 4.45. The summed E-state index contributed by atoms with van der Waals surface area (Å²) in [6, 6.07) is 6.90. The van der Waals surface area contributed by atoms with Gasteiger partial charge in [0.25, 0.3) is 5.91 Å². The third kappa shape index (κ3) is 4.44. The summed E-state index contributed by atoms with van der Waals surface area (Å²) < 4.78 is 40.7. The van der Waals surface area contributed by atoms with Crippen LogP contribution in [0.1, 0.15) is 47.9 Å². The number of amides is 1. The summed E-state index contributed by atoms with van der Waals surface area (Å²) in [7, 11) is 3.59. The van der Waals surface area contributed by atoms with Gasteiger partial charge in [0.1, 0.15) is 17.2 Å². The standard InChI is InChI=1S/C22H22F3N5O2/c1-29(2)19-11-17-13(12-30(28-17)14-6-8-15(31)9-7-14)10-18(19)27-21(32)16-4-3-5-20(26-16)22(23,24)25/h3-5,10-12,14H,6-9H2,1-2H3,(H,27,32). The number of alkyl halides is 3. The van der Waals surface area contributed by atoms with Crippen molar-refractivity contribution in [3.63, 3.8) is 0 Å². The first-order valence-electron chi connectivity index (χ1n) is 10.2. The van der Waals surface area contributed by atoms with E-state index in [2.05, 4.69) is 15.4 Å². The predicted molar refractivity (Wildman–Crippen MR) is 114 cm³/mol. The molecule has 3 aromatic rings. The first-order valence-corrected chi connectivity index (χ1v) is 10.2. The Bertz CT molecular complexity index is 1180. The fraction of sp³-hybridized carbons (Fsp3) is 0.364. The maximum absolute atomic E-state index is 13.0. The van der Waals surface area contributed by atoms with Gasteiger partial charge in [-0.2, -0.15) is 18.3 Å². The summed E-state index contributed by atoms with van der Waals surface area (Å²) in [4.78, 5) is 29.4. The van der Waals surface area contributed by atoms with Crippen LogP contribution in [0.2, 0.25) is 0 Å².